The second-order valence-corrected chi connectivity index (χ2v) is 6.18. The highest BCUT2D eigenvalue weighted by Crippen LogP contribution is 2.27. The Bertz CT molecular complexity index is 530. The lowest BCUT2D eigenvalue weighted by Crippen LogP contribution is -2.50. The lowest BCUT2D eigenvalue weighted by molar-refractivity contribution is 0.0792. The van der Waals surface area contributed by atoms with E-state index in [2.05, 4.69) is 22.1 Å². The molecule has 1 aromatic rings. The number of anilines is 1. The van der Waals surface area contributed by atoms with Gasteiger partial charge in [-0.3, -0.25) is 4.79 Å². The zero-order valence-electron chi connectivity index (χ0n) is 12.3. The number of nitrogens with one attached hydrogen (secondary N) is 1. The van der Waals surface area contributed by atoms with E-state index in [0.29, 0.717) is 16.6 Å². The van der Waals surface area contributed by atoms with Crippen molar-refractivity contribution in [1.82, 2.24) is 15.2 Å². The number of pyridine rings is 1. The standard InChI is InChI=1S/C15H21ClN4O/c1-11-9-17-4-7-20(11)14-13(16)8-12(10-18-14)15(21)19-5-2-3-6-19/h8,10-11,17H,2-7,9H2,1H3. The van der Waals surface area contributed by atoms with Gasteiger partial charge in [0.1, 0.15) is 5.82 Å². The van der Waals surface area contributed by atoms with Crippen molar-refractivity contribution in [3.8, 4) is 0 Å². The SMILES string of the molecule is CC1CNCCN1c1ncc(C(=O)N2CCCC2)cc1Cl. The minimum atomic E-state index is 0.0433. The molecule has 0 aliphatic carbocycles. The van der Waals surface area contributed by atoms with E-state index in [-0.39, 0.29) is 5.91 Å². The number of carbonyl (C=O) groups excluding carboxylic acids is 1. The molecule has 1 amide bonds. The molecule has 1 unspecified atom stereocenters. The van der Waals surface area contributed by atoms with Gasteiger partial charge in [-0.1, -0.05) is 11.6 Å². The van der Waals surface area contributed by atoms with Crippen molar-refractivity contribution < 1.29 is 4.79 Å². The summed E-state index contributed by atoms with van der Waals surface area (Å²) in [5.74, 6) is 0.824. The topological polar surface area (TPSA) is 48.5 Å². The Morgan fingerprint density at radius 2 is 2.14 bits per heavy atom. The van der Waals surface area contributed by atoms with E-state index in [1.165, 1.54) is 0 Å². The van der Waals surface area contributed by atoms with Crippen molar-refractivity contribution in [2.24, 2.45) is 0 Å². The number of carbonyl (C=O) groups is 1. The molecule has 0 bridgehead atoms. The van der Waals surface area contributed by atoms with Crippen molar-refractivity contribution in [1.29, 1.82) is 0 Å². The molecular weight excluding hydrogens is 288 g/mol. The fraction of sp³-hybridized carbons (Fsp3) is 0.600. The van der Waals surface area contributed by atoms with Crippen LogP contribution in [0.15, 0.2) is 12.3 Å². The Morgan fingerprint density at radius 1 is 1.38 bits per heavy atom. The molecule has 2 aliphatic rings. The molecule has 21 heavy (non-hydrogen) atoms. The van der Waals surface area contributed by atoms with E-state index in [0.717, 1.165) is 51.4 Å². The van der Waals surface area contributed by atoms with Crippen LogP contribution in [0.3, 0.4) is 0 Å². The predicted molar refractivity (Wildman–Crippen MR) is 84.1 cm³/mol. The molecule has 5 nitrogen and oxygen atoms in total. The van der Waals surface area contributed by atoms with Crippen LogP contribution in [0.5, 0.6) is 0 Å². The highest BCUT2D eigenvalue weighted by atomic mass is 35.5. The van der Waals surface area contributed by atoms with Crippen LogP contribution in [0.1, 0.15) is 30.1 Å². The van der Waals surface area contributed by atoms with E-state index in [1.807, 2.05) is 4.90 Å². The highest BCUT2D eigenvalue weighted by molar-refractivity contribution is 6.33. The van der Waals surface area contributed by atoms with Crippen LogP contribution in [0.2, 0.25) is 5.02 Å². The lowest BCUT2D eigenvalue weighted by Gasteiger charge is -2.35. The number of hydrogen-bond acceptors (Lipinski definition) is 4. The summed E-state index contributed by atoms with van der Waals surface area (Å²) in [6.45, 7) is 6.56. The fourth-order valence-electron chi connectivity index (χ4n) is 3.02. The van der Waals surface area contributed by atoms with Gasteiger partial charge in [0.15, 0.2) is 0 Å². The first kappa shape index (κ1) is 14.6. The lowest BCUT2D eigenvalue weighted by atomic mass is 10.2. The number of amides is 1. The second-order valence-electron chi connectivity index (χ2n) is 5.78. The number of likely N-dealkylation sites (tertiary alicyclic amines) is 1. The van der Waals surface area contributed by atoms with Gasteiger partial charge in [-0.25, -0.2) is 4.98 Å². The molecule has 114 valence electrons. The van der Waals surface area contributed by atoms with Crippen molar-refractivity contribution in [3.05, 3.63) is 22.8 Å². The maximum absolute atomic E-state index is 12.4. The van der Waals surface area contributed by atoms with Gasteiger partial charge in [0.25, 0.3) is 5.91 Å². The third kappa shape index (κ3) is 2.99. The molecule has 0 saturated carbocycles. The number of halogens is 1. The average Bonchev–Trinajstić information content (AvgIpc) is 3.01. The van der Waals surface area contributed by atoms with Crippen LogP contribution in [-0.2, 0) is 0 Å². The summed E-state index contributed by atoms with van der Waals surface area (Å²) in [4.78, 5) is 20.9. The summed E-state index contributed by atoms with van der Waals surface area (Å²) in [6, 6.07) is 2.11. The second kappa shape index (κ2) is 6.20. The molecule has 3 heterocycles. The van der Waals surface area contributed by atoms with Gasteiger partial charge in [-0.15, -0.1) is 0 Å². The zero-order chi connectivity index (χ0) is 14.8. The van der Waals surface area contributed by atoms with Gasteiger partial charge in [0, 0.05) is 45.0 Å². The van der Waals surface area contributed by atoms with Crippen molar-refractivity contribution >= 4 is 23.3 Å². The Morgan fingerprint density at radius 3 is 2.81 bits per heavy atom. The molecule has 1 N–H and O–H groups in total. The quantitative estimate of drug-likeness (QED) is 0.904. The molecule has 0 radical (unpaired) electrons. The third-order valence-corrected chi connectivity index (χ3v) is 4.51. The van der Waals surface area contributed by atoms with E-state index >= 15 is 0 Å². The molecule has 1 aromatic heterocycles. The Kier molecular flexibility index (Phi) is 4.31. The van der Waals surface area contributed by atoms with Gasteiger partial charge in [0.2, 0.25) is 0 Å². The van der Waals surface area contributed by atoms with Crippen molar-refractivity contribution in [2.75, 3.05) is 37.6 Å². The Labute approximate surface area is 130 Å². The molecule has 0 aromatic carbocycles. The van der Waals surface area contributed by atoms with Crippen LogP contribution in [-0.4, -0.2) is 54.6 Å². The summed E-state index contributed by atoms with van der Waals surface area (Å²) in [7, 11) is 0. The fourth-order valence-corrected chi connectivity index (χ4v) is 3.29. The molecule has 3 rings (SSSR count). The highest BCUT2D eigenvalue weighted by Gasteiger charge is 2.24. The summed E-state index contributed by atoms with van der Waals surface area (Å²) < 4.78 is 0. The van der Waals surface area contributed by atoms with Crippen LogP contribution >= 0.6 is 11.6 Å². The number of aromatic nitrogens is 1. The monoisotopic (exact) mass is 308 g/mol. The van der Waals surface area contributed by atoms with E-state index in [4.69, 9.17) is 11.6 Å². The predicted octanol–water partition coefficient (Wildman–Crippen LogP) is 1.77. The summed E-state index contributed by atoms with van der Waals surface area (Å²) in [5, 5.41) is 3.91. The molecule has 0 spiro atoms. The normalized spacial score (nSPS) is 22.7. The van der Waals surface area contributed by atoms with E-state index in [9.17, 15) is 4.79 Å². The number of nitrogens with zero attached hydrogens (tertiary/aromatic N) is 3. The van der Waals surface area contributed by atoms with Crippen LogP contribution in [0, 0.1) is 0 Å². The van der Waals surface area contributed by atoms with Crippen LogP contribution in [0.25, 0.3) is 0 Å². The van der Waals surface area contributed by atoms with Gasteiger partial charge >= 0.3 is 0 Å². The number of piperazine rings is 1. The van der Waals surface area contributed by atoms with Gasteiger partial charge in [0.05, 0.1) is 10.6 Å². The van der Waals surface area contributed by atoms with E-state index < -0.39 is 0 Å². The maximum atomic E-state index is 12.4. The van der Waals surface area contributed by atoms with Gasteiger partial charge in [-0.2, -0.15) is 0 Å². The minimum absolute atomic E-state index is 0.0433. The molecular formula is C15H21ClN4O. The van der Waals surface area contributed by atoms with Crippen LogP contribution < -0.4 is 10.2 Å². The van der Waals surface area contributed by atoms with Crippen LogP contribution in [0.4, 0.5) is 5.82 Å². The minimum Gasteiger partial charge on any atom is -0.350 e. The first-order valence-electron chi connectivity index (χ1n) is 7.59. The first-order chi connectivity index (χ1) is 10.2. The molecule has 1 atom stereocenters. The summed E-state index contributed by atoms with van der Waals surface area (Å²) in [5.41, 5.74) is 0.591. The average molecular weight is 309 g/mol. The molecule has 2 saturated heterocycles. The summed E-state index contributed by atoms with van der Waals surface area (Å²) in [6.07, 6.45) is 3.84. The zero-order valence-corrected chi connectivity index (χ0v) is 13.1. The molecule has 2 aliphatic heterocycles. The van der Waals surface area contributed by atoms with Crippen molar-refractivity contribution in [3.63, 3.8) is 0 Å². The Hall–Kier alpha value is -1.33. The maximum Gasteiger partial charge on any atom is 0.255 e. The smallest absolute Gasteiger partial charge is 0.255 e. The molecule has 2 fully saturated rings. The first-order valence-corrected chi connectivity index (χ1v) is 7.97. The molecule has 6 heteroatoms. The van der Waals surface area contributed by atoms with Crippen molar-refractivity contribution in [2.45, 2.75) is 25.8 Å². The summed E-state index contributed by atoms with van der Waals surface area (Å²) >= 11 is 6.38. The number of hydrogen-bond donors (Lipinski definition) is 1. The van der Waals surface area contributed by atoms with E-state index in [1.54, 1.807) is 12.3 Å². The number of rotatable bonds is 2. The largest absolute Gasteiger partial charge is 0.350 e. The van der Waals surface area contributed by atoms with Gasteiger partial charge < -0.3 is 15.1 Å². The van der Waals surface area contributed by atoms with Gasteiger partial charge in [-0.05, 0) is 25.8 Å². The Balaban J connectivity index is 1.80. The third-order valence-electron chi connectivity index (χ3n) is 4.24.